The van der Waals surface area contributed by atoms with Crippen molar-refractivity contribution in [3.05, 3.63) is 23.4 Å². The van der Waals surface area contributed by atoms with Gasteiger partial charge >= 0.3 is 0 Å². The van der Waals surface area contributed by atoms with Crippen LogP contribution in [0.25, 0.3) is 5.65 Å². The zero-order valence-corrected chi connectivity index (χ0v) is 9.35. The summed E-state index contributed by atoms with van der Waals surface area (Å²) >= 11 is 5.87. The first-order valence-corrected chi connectivity index (χ1v) is 5.62. The lowest BCUT2D eigenvalue weighted by Crippen LogP contribution is -2.44. The predicted molar refractivity (Wildman–Crippen MR) is 62.6 cm³/mol. The molecule has 1 fully saturated rings. The maximum Gasteiger partial charge on any atom is 0.243 e. The Morgan fingerprint density at radius 3 is 3.00 bits per heavy atom. The molecule has 2 aromatic heterocycles. The Kier molecular flexibility index (Phi) is 2.22. The molecule has 1 saturated carbocycles. The Balaban J connectivity index is 1.82. The molecule has 84 valence electrons. The van der Waals surface area contributed by atoms with Crippen LogP contribution < -0.4 is 11.1 Å². The van der Waals surface area contributed by atoms with Crippen molar-refractivity contribution in [2.75, 3.05) is 5.32 Å². The van der Waals surface area contributed by atoms with Gasteiger partial charge in [0.1, 0.15) is 0 Å². The lowest BCUT2D eigenvalue weighted by atomic mass is 9.88. The third-order valence-electron chi connectivity index (χ3n) is 2.80. The lowest BCUT2D eigenvalue weighted by molar-refractivity contribution is 0.372. The average Bonchev–Trinajstić information content (AvgIpc) is 2.57. The molecule has 2 heterocycles. The largest absolute Gasteiger partial charge is 0.350 e. The van der Waals surface area contributed by atoms with Gasteiger partial charge in [-0.3, -0.25) is 0 Å². The van der Waals surface area contributed by atoms with Crippen LogP contribution in [0.4, 0.5) is 5.95 Å². The quantitative estimate of drug-likeness (QED) is 0.826. The average molecular weight is 238 g/mol. The van der Waals surface area contributed by atoms with E-state index in [2.05, 4.69) is 15.4 Å². The van der Waals surface area contributed by atoms with E-state index in [1.165, 1.54) is 0 Å². The second-order valence-electron chi connectivity index (χ2n) is 4.16. The second kappa shape index (κ2) is 3.61. The van der Waals surface area contributed by atoms with E-state index in [1.807, 2.05) is 6.07 Å². The maximum absolute atomic E-state index is 5.87. The van der Waals surface area contributed by atoms with Crippen molar-refractivity contribution < 1.29 is 0 Å². The minimum atomic E-state index is 0.323. The molecule has 0 spiro atoms. The summed E-state index contributed by atoms with van der Waals surface area (Å²) in [4.78, 5) is 4.34. The smallest absolute Gasteiger partial charge is 0.243 e. The van der Waals surface area contributed by atoms with Crippen LogP contribution in [0.15, 0.2) is 18.3 Å². The molecule has 0 atom stereocenters. The molecule has 6 heteroatoms. The number of anilines is 1. The van der Waals surface area contributed by atoms with Crippen molar-refractivity contribution in [3.8, 4) is 0 Å². The van der Waals surface area contributed by atoms with Crippen LogP contribution in [-0.2, 0) is 0 Å². The number of nitrogens with one attached hydrogen (secondary N) is 1. The van der Waals surface area contributed by atoms with Crippen LogP contribution in [-0.4, -0.2) is 26.7 Å². The zero-order valence-electron chi connectivity index (χ0n) is 8.60. The summed E-state index contributed by atoms with van der Waals surface area (Å²) in [5, 5.41) is 8.19. The van der Waals surface area contributed by atoms with Gasteiger partial charge in [-0.15, -0.1) is 5.10 Å². The Labute approximate surface area is 97.6 Å². The summed E-state index contributed by atoms with van der Waals surface area (Å²) in [5.41, 5.74) is 6.50. The maximum atomic E-state index is 5.87. The first-order valence-electron chi connectivity index (χ1n) is 5.25. The number of fused-ring (bicyclic) bond motifs is 1. The highest BCUT2D eigenvalue weighted by atomic mass is 35.5. The molecule has 0 amide bonds. The molecule has 16 heavy (non-hydrogen) atoms. The summed E-state index contributed by atoms with van der Waals surface area (Å²) in [7, 11) is 0. The van der Waals surface area contributed by atoms with Gasteiger partial charge in [0, 0.05) is 18.3 Å². The Morgan fingerprint density at radius 1 is 1.44 bits per heavy atom. The summed E-state index contributed by atoms with van der Waals surface area (Å²) in [6.07, 6.45) is 3.70. The molecule has 0 unspecified atom stereocenters. The monoisotopic (exact) mass is 237 g/mol. The molecule has 0 bridgehead atoms. The molecule has 0 aliphatic heterocycles. The topological polar surface area (TPSA) is 68.2 Å². The van der Waals surface area contributed by atoms with Crippen molar-refractivity contribution in [1.82, 2.24) is 14.6 Å². The van der Waals surface area contributed by atoms with Crippen molar-refractivity contribution in [2.45, 2.75) is 24.9 Å². The molecular weight excluding hydrogens is 226 g/mol. The molecular formula is C10H12ClN5. The minimum Gasteiger partial charge on any atom is -0.350 e. The van der Waals surface area contributed by atoms with Gasteiger partial charge in [-0.05, 0) is 25.0 Å². The number of halogens is 1. The molecule has 1 aliphatic rings. The standard InChI is InChI=1S/C10H12ClN5/c11-6-1-2-9-14-10(15-16(9)5-6)13-8-3-7(12)4-8/h1-2,5,7-8H,3-4,12H2,(H,13,15). The van der Waals surface area contributed by atoms with Gasteiger partial charge in [-0.1, -0.05) is 11.6 Å². The number of hydrogen-bond donors (Lipinski definition) is 2. The summed E-state index contributed by atoms with van der Waals surface area (Å²) in [6.45, 7) is 0. The van der Waals surface area contributed by atoms with Gasteiger partial charge in [-0.2, -0.15) is 4.98 Å². The van der Waals surface area contributed by atoms with E-state index in [-0.39, 0.29) is 0 Å². The zero-order chi connectivity index (χ0) is 11.1. The van der Waals surface area contributed by atoms with Gasteiger partial charge < -0.3 is 11.1 Å². The highest BCUT2D eigenvalue weighted by molar-refractivity contribution is 6.30. The van der Waals surface area contributed by atoms with E-state index in [1.54, 1.807) is 16.8 Å². The van der Waals surface area contributed by atoms with Gasteiger partial charge in [-0.25, -0.2) is 4.52 Å². The van der Waals surface area contributed by atoms with Crippen LogP contribution in [0.5, 0.6) is 0 Å². The van der Waals surface area contributed by atoms with E-state index in [9.17, 15) is 0 Å². The summed E-state index contributed by atoms with van der Waals surface area (Å²) in [5.74, 6) is 0.638. The number of hydrogen-bond acceptors (Lipinski definition) is 4. The van der Waals surface area contributed by atoms with Crippen LogP contribution in [0.3, 0.4) is 0 Å². The minimum absolute atomic E-state index is 0.323. The molecule has 3 rings (SSSR count). The normalized spacial score (nSPS) is 24.4. The van der Waals surface area contributed by atoms with Gasteiger partial charge in [0.15, 0.2) is 5.65 Å². The van der Waals surface area contributed by atoms with Gasteiger partial charge in [0.25, 0.3) is 0 Å². The molecule has 5 nitrogen and oxygen atoms in total. The Bertz CT molecular complexity index is 517. The summed E-state index contributed by atoms with van der Waals surface area (Å²) < 4.78 is 1.67. The predicted octanol–water partition coefficient (Wildman–Crippen LogP) is 1.28. The van der Waals surface area contributed by atoms with Crippen LogP contribution >= 0.6 is 11.6 Å². The van der Waals surface area contributed by atoms with Crippen molar-refractivity contribution in [3.63, 3.8) is 0 Å². The summed E-state index contributed by atoms with van der Waals surface area (Å²) in [6, 6.07) is 4.37. The number of aromatic nitrogens is 3. The van der Waals surface area contributed by atoms with E-state index < -0.39 is 0 Å². The fourth-order valence-electron chi connectivity index (χ4n) is 1.88. The number of nitrogens with zero attached hydrogens (tertiary/aromatic N) is 3. The van der Waals surface area contributed by atoms with E-state index >= 15 is 0 Å². The Morgan fingerprint density at radius 2 is 2.25 bits per heavy atom. The third-order valence-corrected chi connectivity index (χ3v) is 3.03. The van der Waals surface area contributed by atoms with Crippen LogP contribution in [0.2, 0.25) is 5.02 Å². The van der Waals surface area contributed by atoms with Crippen molar-refractivity contribution in [2.24, 2.45) is 5.73 Å². The highest BCUT2D eigenvalue weighted by Gasteiger charge is 2.26. The lowest BCUT2D eigenvalue weighted by Gasteiger charge is -2.32. The van der Waals surface area contributed by atoms with E-state index in [0.29, 0.717) is 23.1 Å². The first-order chi connectivity index (χ1) is 7.70. The van der Waals surface area contributed by atoms with E-state index in [4.69, 9.17) is 17.3 Å². The number of nitrogens with two attached hydrogens (primary N) is 1. The molecule has 3 N–H and O–H groups in total. The van der Waals surface area contributed by atoms with Gasteiger partial charge in [0.2, 0.25) is 5.95 Å². The van der Waals surface area contributed by atoms with Crippen LogP contribution in [0, 0.1) is 0 Å². The molecule has 2 aromatic rings. The van der Waals surface area contributed by atoms with E-state index in [0.717, 1.165) is 18.5 Å². The molecule has 0 radical (unpaired) electrons. The number of pyridine rings is 1. The molecule has 1 aliphatic carbocycles. The van der Waals surface area contributed by atoms with Crippen molar-refractivity contribution in [1.29, 1.82) is 0 Å². The van der Waals surface area contributed by atoms with Crippen LogP contribution in [0.1, 0.15) is 12.8 Å². The number of rotatable bonds is 2. The first kappa shape index (κ1) is 9.86. The highest BCUT2D eigenvalue weighted by Crippen LogP contribution is 2.21. The molecule has 0 saturated heterocycles. The fourth-order valence-corrected chi connectivity index (χ4v) is 2.04. The second-order valence-corrected chi connectivity index (χ2v) is 4.59. The van der Waals surface area contributed by atoms with Crippen molar-refractivity contribution >= 4 is 23.2 Å². The third kappa shape index (κ3) is 1.72. The SMILES string of the molecule is NC1CC(Nc2nc3ccc(Cl)cn3n2)C1. The fraction of sp³-hybridized carbons (Fsp3) is 0.400. The Hall–Kier alpha value is -1.33. The van der Waals surface area contributed by atoms with Gasteiger partial charge in [0.05, 0.1) is 5.02 Å². The molecule has 0 aromatic carbocycles.